The van der Waals surface area contributed by atoms with E-state index in [4.69, 9.17) is 4.52 Å². The van der Waals surface area contributed by atoms with Gasteiger partial charge in [0.05, 0.1) is 10.5 Å². The standard InChI is InChI=1S/C11H12N4O7S/c1-5-12-11(13-22-5)6-4-7(16)9(17)8(15(18)19)10(6)23(20,21)14(2)3/h4,16-17H,1-3H3. The average molecular weight is 344 g/mol. The number of hydrogen-bond acceptors (Lipinski definition) is 9. The van der Waals surface area contributed by atoms with Crippen molar-refractivity contribution < 1.29 is 28.1 Å². The van der Waals surface area contributed by atoms with Gasteiger partial charge in [-0.05, 0) is 6.07 Å². The predicted molar refractivity (Wildman–Crippen MR) is 75.3 cm³/mol. The van der Waals surface area contributed by atoms with Gasteiger partial charge in [0.1, 0.15) is 0 Å². The summed E-state index contributed by atoms with van der Waals surface area (Å²) in [6.45, 7) is 1.44. The molecule has 0 saturated carbocycles. The Balaban J connectivity index is 3.00. The molecule has 0 spiro atoms. The number of aryl methyl sites for hydroxylation is 1. The van der Waals surface area contributed by atoms with Crippen LogP contribution in [0, 0.1) is 17.0 Å². The maximum atomic E-state index is 12.5. The summed E-state index contributed by atoms with van der Waals surface area (Å²) in [5.41, 5.74) is -1.53. The molecule has 0 radical (unpaired) electrons. The van der Waals surface area contributed by atoms with E-state index in [-0.39, 0.29) is 17.3 Å². The van der Waals surface area contributed by atoms with Crippen molar-refractivity contribution >= 4 is 15.7 Å². The molecule has 0 aliphatic carbocycles. The minimum atomic E-state index is -4.36. The van der Waals surface area contributed by atoms with E-state index in [1.165, 1.54) is 6.92 Å². The molecule has 2 aromatic rings. The van der Waals surface area contributed by atoms with Gasteiger partial charge in [0.2, 0.25) is 27.5 Å². The van der Waals surface area contributed by atoms with Crippen molar-refractivity contribution in [2.24, 2.45) is 0 Å². The summed E-state index contributed by atoms with van der Waals surface area (Å²) in [5.74, 6) is -2.24. The lowest BCUT2D eigenvalue weighted by Crippen LogP contribution is -2.24. The van der Waals surface area contributed by atoms with Crippen molar-refractivity contribution in [1.82, 2.24) is 14.4 Å². The first kappa shape index (κ1) is 16.6. The molecule has 0 atom stereocenters. The number of aromatic hydroxyl groups is 2. The molecule has 1 aromatic carbocycles. The molecule has 2 rings (SSSR count). The Kier molecular flexibility index (Phi) is 3.96. The van der Waals surface area contributed by atoms with Gasteiger partial charge in [0.15, 0.2) is 10.6 Å². The Morgan fingerprint density at radius 1 is 1.35 bits per heavy atom. The van der Waals surface area contributed by atoms with Crippen LogP contribution in [0.4, 0.5) is 5.69 Å². The van der Waals surface area contributed by atoms with Crippen molar-refractivity contribution in [1.29, 1.82) is 0 Å². The fourth-order valence-corrected chi connectivity index (χ4v) is 3.02. The highest BCUT2D eigenvalue weighted by molar-refractivity contribution is 7.89. The second-order valence-electron chi connectivity index (χ2n) is 4.65. The van der Waals surface area contributed by atoms with E-state index in [2.05, 4.69) is 10.1 Å². The molecular weight excluding hydrogens is 332 g/mol. The average Bonchev–Trinajstić information content (AvgIpc) is 2.86. The monoisotopic (exact) mass is 344 g/mol. The molecular formula is C11H12N4O7S. The second kappa shape index (κ2) is 5.48. The van der Waals surface area contributed by atoms with E-state index in [0.717, 1.165) is 24.5 Å². The van der Waals surface area contributed by atoms with Gasteiger partial charge in [-0.3, -0.25) is 10.1 Å². The van der Waals surface area contributed by atoms with E-state index in [9.17, 15) is 28.7 Å². The summed E-state index contributed by atoms with van der Waals surface area (Å²) in [5, 5.41) is 34.2. The van der Waals surface area contributed by atoms with Crippen molar-refractivity contribution in [3.63, 3.8) is 0 Å². The summed E-state index contributed by atoms with van der Waals surface area (Å²) in [6.07, 6.45) is 0. The van der Waals surface area contributed by atoms with Crippen LogP contribution in [0.25, 0.3) is 11.4 Å². The molecule has 0 aliphatic heterocycles. The number of hydrogen-bond donors (Lipinski definition) is 2. The first-order chi connectivity index (χ1) is 10.6. The highest BCUT2D eigenvalue weighted by atomic mass is 32.2. The van der Waals surface area contributed by atoms with Gasteiger partial charge >= 0.3 is 5.69 Å². The molecule has 0 aliphatic rings. The number of sulfonamides is 1. The van der Waals surface area contributed by atoms with Crippen LogP contribution in [0.2, 0.25) is 0 Å². The van der Waals surface area contributed by atoms with Gasteiger partial charge in [0, 0.05) is 21.0 Å². The highest BCUT2D eigenvalue weighted by Gasteiger charge is 2.38. The van der Waals surface area contributed by atoms with Crippen LogP contribution in [-0.4, -0.2) is 52.1 Å². The number of phenols is 2. The number of rotatable bonds is 4. The molecule has 1 heterocycles. The van der Waals surface area contributed by atoms with Crippen LogP contribution in [0.5, 0.6) is 11.5 Å². The zero-order chi connectivity index (χ0) is 17.5. The van der Waals surface area contributed by atoms with Crippen LogP contribution < -0.4 is 0 Å². The van der Waals surface area contributed by atoms with Crippen molar-refractivity contribution in [3.05, 3.63) is 22.1 Å². The van der Waals surface area contributed by atoms with Crippen molar-refractivity contribution in [2.45, 2.75) is 11.8 Å². The predicted octanol–water partition coefficient (Wildman–Crippen LogP) is 0.615. The SMILES string of the molecule is Cc1nc(-c2cc(O)c(O)c([N+](=O)[O-])c2S(=O)(=O)N(C)C)no1. The Hall–Kier alpha value is -2.73. The van der Waals surface area contributed by atoms with Gasteiger partial charge in [-0.1, -0.05) is 5.16 Å². The molecule has 23 heavy (non-hydrogen) atoms. The van der Waals surface area contributed by atoms with E-state index < -0.39 is 37.0 Å². The fraction of sp³-hybridized carbons (Fsp3) is 0.273. The topological polar surface area (TPSA) is 160 Å². The Labute approximate surface area is 130 Å². The van der Waals surface area contributed by atoms with Gasteiger partial charge in [-0.15, -0.1) is 0 Å². The lowest BCUT2D eigenvalue weighted by molar-refractivity contribution is -0.388. The van der Waals surface area contributed by atoms with Crippen LogP contribution in [0.3, 0.4) is 0 Å². The van der Waals surface area contributed by atoms with E-state index >= 15 is 0 Å². The zero-order valence-electron chi connectivity index (χ0n) is 12.2. The molecule has 0 amide bonds. The number of nitro benzene ring substituents is 1. The molecule has 2 N–H and O–H groups in total. The minimum absolute atomic E-state index is 0.0865. The molecule has 0 unspecified atom stereocenters. The van der Waals surface area contributed by atoms with Gasteiger partial charge in [-0.25, -0.2) is 12.7 Å². The summed E-state index contributed by atoms with van der Waals surface area (Å²) in [4.78, 5) is 13.1. The van der Waals surface area contributed by atoms with Gasteiger partial charge in [-0.2, -0.15) is 4.98 Å². The molecule has 124 valence electrons. The number of phenolic OH excluding ortho intramolecular Hbond substituents is 2. The number of nitro groups is 1. The number of nitrogens with zero attached hydrogens (tertiary/aromatic N) is 4. The van der Waals surface area contributed by atoms with E-state index in [0.29, 0.717) is 0 Å². The lowest BCUT2D eigenvalue weighted by Gasteiger charge is -2.15. The van der Waals surface area contributed by atoms with Gasteiger partial charge in [0.25, 0.3) is 0 Å². The quantitative estimate of drug-likeness (QED) is 0.460. The van der Waals surface area contributed by atoms with Gasteiger partial charge < -0.3 is 14.7 Å². The minimum Gasteiger partial charge on any atom is -0.504 e. The molecule has 0 fully saturated rings. The zero-order valence-corrected chi connectivity index (χ0v) is 13.0. The van der Waals surface area contributed by atoms with Crippen LogP contribution in [-0.2, 0) is 10.0 Å². The summed E-state index contributed by atoms with van der Waals surface area (Å²) in [7, 11) is -2.04. The third kappa shape index (κ3) is 2.68. The van der Waals surface area contributed by atoms with Crippen LogP contribution in [0.15, 0.2) is 15.5 Å². The molecule has 0 saturated heterocycles. The lowest BCUT2D eigenvalue weighted by atomic mass is 10.1. The Morgan fingerprint density at radius 2 is 1.96 bits per heavy atom. The summed E-state index contributed by atoms with van der Waals surface area (Å²) >= 11 is 0. The molecule has 0 bridgehead atoms. The maximum absolute atomic E-state index is 12.5. The molecule has 11 nitrogen and oxygen atoms in total. The Morgan fingerprint density at radius 3 is 2.39 bits per heavy atom. The maximum Gasteiger partial charge on any atom is 0.335 e. The molecule has 12 heteroatoms. The van der Waals surface area contributed by atoms with Crippen molar-refractivity contribution in [3.8, 4) is 22.9 Å². The largest absolute Gasteiger partial charge is 0.504 e. The first-order valence-electron chi connectivity index (χ1n) is 6.04. The molecule has 1 aromatic heterocycles. The summed E-state index contributed by atoms with van der Waals surface area (Å²) in [6, 6.07) is 0.822. The van der Waals surface area contributed by atoms with Crippen LogP contribution in [0.1, 0.15) is 5.89 Å². The number of benzene rings is 1. The van der Waals surface area contributed by atoms with E-state index in [1.807, 2.05) is 0 Å². The Bertz CT molecular complexity index is 888. The number of aromatic nitrogens is 2. The van der Waals surface area contributed by atoms with E-state index in [1.54, 1.807) is 0 Å². The van der Waals surface area contributed by atoms with Crippen molar-refractivity contribution in [2.75, 3.05) is 14.1 Å². The summed E-state index contributed by atoms with van der Waals surface area (Å²) < 4.78 is 30.4. The third-order valence-electron chi connectivity index (χ3n) is 2.90. The fourth-order valence-electron chi connectivity index (χ4n) is 1.81. The smallest absolute Gasteiger partial charge is 0.335 e. The third-order valence-corrected chi connectivity index (χ3v) is 4.79. The second-order valence-corrected chi connectivity index (χ2v) is 6.74. The highest BCUT2D eigenvalue weighted by Crippen LogP contribution is 2.45. The first-order valence-corrected chi connectivity index (χ1v) is 7.48. The van der Waals surface area contributed by atoms with Crippen LogP contribution >= 0.6 is 0 Å². The normalized spacial score (nSPS) is 11.8.